The van der Waals surface area contributed by atoms with Crippen molar-refractivity contribution in [3.05, 3.63) is 64.9 Å². The summed E-state index contributed by atoms with van der Waals surface area (Å²) < 4.78 is 5.37. The zero-order valence-electron chi connectivity index (χ0n) is 15.2. The number of pyridine rings is 1. The maximum atomic E-state index is 12.2. The van der Waals surface area contributed by atoms with Crippen LogP contribution in [0.25, 0.3) is 0 Å². The maximum Gasteiger partial charge on any atom is 0.277 e. The summed E-state index contributed by atoms with van der Waals surface area (Å²) in [5.41, 5.74) is -1.47. The lowest BCUT2D eigenvalue weighted by molar-refractivity contribution is -0.133. The Labute approximate surface area is 171 Å². The lowest BCUT2D eigenvalue weighted by Gasteiger charge is -2.29. The first-order valence-corrected chi connectivity index (χ1v) is 9.15. The second kappa shape index (κ2) is 8.85. The van der Waals surface area contributed by atoms with Gasteiger partial charge in [0.15, 0.2) is 0 Å². The number of nitrogens with zero attached hydrogens (tertiary/aromatic N) is 2. The fourth-order valence-electron chi connectivity index (χ4n) is 2.99. The first-order valence-electron chi connectivity index (χ1n) is 8.77. The monoisotopic (exact) mass is 421 g/mol. The second-order valence-corrected chi connectivity index (χ2v) is 7.10. The van der Waals surface area contributed by atoms with E-state index in [-0.39, 0.29) is 29.3 Å². The summed E-state index contributed by atoms with van der Waals surface area (Å²) in [4.78, 5) is 28.2. The molecule has 0 saturated carbocycles. The molecule has 1 fully saturated rings. The van der Waals surface area contributed by atoms with Gasteiger partial charge in [-0.15, -0.1) is 0 Å². The summed E-state index contributed by atoms with van der Waals surface area (Å²) >= 11 is 5.92. The number of aromatic nitrogens is 1. The second-order valence-electron chi connectivity index (χ2n) is 6.69. The number of rotatable bonds is 6. The maximum absolute atomic E-state index is 12.2. The Morgan fingerprint density at radius 3 is 2.72 bits per heavy atom. The Balaban J connectivity index is 1.58. The van der Waals surface area contributed by atoms with Crippen LogP contribution in [0, 0.1) is 0 Å². The Kier molecular flexibility index (Phi) is 6.46. The molecule has 0 bridgehead atoms. The fourth-order valence-corrected chi connectivity index (χ4v) is 3.20. The highest BCUT2D eigenvalue weighted by atomic mass is 35.5. The van der Waals surface area contributed by atoms with E-state index in [2.05, 4.69) is 10.3 Å². The Hall–Kier alpha value is -2.56. The zero-order valence-corrected chi connectivity index (χ0v) is 16.0. The number of hydrogen-bond acceptors (Lipinski definition) is 7. The van der Waals surface area contributed by atoms with Gasteiger partial charge >= 0.3 is 0 Å². The van der Waals surface area contributed by atoms with E-state index < -0.39 is 36.2 Å². The number of amides is 2. The van der Waals surface area contributed by atoms with Gasteiger partial charge in [-0.3, -0.25) is 19.8 Å². The van der Waals surface area contributed by atoms with Gasteiger partial charge in [0.2, 0.25) is 0 Å². The molecular weight excluding hydrogens is 402 g/mol. The van der Waals surface area contributed by atoms with Crippen LogP contribution in [0.1, 0.15) is 20.7 Å². The van der Waals surface area contributed by atoms with E-state index in [1.807, 2.05) is 0 Å². The first kappa shape index (κ1) is 21.2. The standard InChI is InChI=1S/C19H20ClN3O6/c20-14-8-21-7-6-13(14)17(25)22-9-15-16(24)19(27,11-29-15)10-23(28)18(26)12-4-2-1-3-5-12/h1-8,15-16,24,27-28H,9-11H2,(H,22,25)/t15-,16-,19+/m1/s1. The van der Waals surface area contributed by atoms with E-state index in [1.165, 1.54) is 30.6 Å². The molecule has 9 nitrogen and oxygen atoms in total. The van der Waals surface area contributed by atoms with Crippen molar-refractivity contribution in [1.82, 2.24) is 15.4 Å². The molecule has 2 amide bonds. The van der Waals surface area contributed by atoms with Crippen LogP contribution in [-0.4, -0.2) is 74.8 Å². The minimum atomic E-state index is -1.90. The lowest BCUT2D eigenvalue weighted by atomic mass is 9.96. The summed E-state index contributed by atoms with van der Waals surface area (Å²) in [7, 11) is 0. The zero-order chi connectivity index (χ0) is 21.0. The van der Waals surface area contributed by atoms with Crippen LogP contribution in [0.3, 0.4) is 0 Å². The van der Waals surface area contributed by atoms with Gasteiger partial charge in [0.25, 0.3) is 11.8 Å². The van der Waals surface area contributed by atoms with E-state index in [0.717, 1.165) is 0 Å². The number of aliphatic hydroxyl groups is 2. The van der Waals surface area contributed by atoms with Gasteiger partial charge in [0, 0.05) is 24.5 Å². The van der Waals surface area contributed by atoms with Gasteiger partial charge in [-0.25, -0.2) is 5.06 Å². The van der Waals surface area contributed by atoms with E-state index in [9.17, 15) is 25.0 Å². The molecule has 2 heterocycles. The molecule has 0 radical (unpaired) electrons. The number of nitrogens with one attached hydrogen (secondary N) is 1. The summed E-state index contributed by atoms with van der Waals surface area (Å²) in [5, 5.41) is 34.2. The van der Waals surface area contributed by atoms with E-state index in [1.54, 1.807) is 18.2 Å². The molecule has 0 aliphatic carbocycles. The average molecular weight is 422 g/mol. The highest BCUT2D eigenvalue weighted by molar-refractivity contribution is 6.33. The molecule has 1 aromatic carbocycles. The van der Waals surface area contributed by atoms with Crippen LogP contribution < -0.4 is 5.32 Å². The number of aliphatic hydroxyl groups excluding tert-OH is 1. The fraction of sp³-hybridized carbons (Fsp3) is 0.316. The van der Waals surface area contributed by atoms with E-state index >= 15 is 0 Å². The van der Waals surface area contributed by atoms with E-state index in [0.29, 0.717) is 5.06 Å². The predicted molar refractivity (Wildman–Crippen MR) is 102 cm³/mol. The van der Waals surface area contributed by atoms with Gasteiger partial charge in [-0.05, 0) is 18.2 Å². The first-order chi connectivity index (χ1) is 13.8. The number of hydroxylamine groups is 2. The molecule has 3 rings (SSSR count). The number of halogens is 1. The molecule has 10 heteroatoms. The van der Waals surface area contributed by atoms with Gasteiger partial charge in [-0.1, -0.05) is 29.8 Å². The highest BCUT2D eigenvalue weighted by Gasteiger charge is 2.49. The number of ether oxygens (including phenoxy) is 1. The van der Waals surface area contributed by atoms with Gasteiger partial charge in [0.05, 0.1) is 23.7 Å². The van der Waals surface area contributed by atoms with Crippen molar-refractivity contribution in [1.29, 1.82) is 0 Å². The molecular formula is C19H20ClN3O6. The summed E-state index contributed by atoms with van der Waals surface area (Å²) in [6.07, 6.45) is 0.356. The van der Waals surface area contributed by atoms with Gasteiger partial charge in [-0.2, -0.15) is 0 Å². The SMILES string of the molecule is O=C(NC[C@H]1OC[C@@](O)(CN(O)C(=O)c2ccccc2)[C@@H]1O)c1ccncc1Cl. The van der Waals surface area contributed by atoms with Crippen molar-refractivity contribution in [3.63, 3.8) is 0 Å². The van der Waals surface area contributed by atoms with Gasteiger partial charge in [0.1, 0.15) is 17.8 Å². The smallest absolute Gasteiger partial charge is 0.277 e. The number of benzene rings is 1. The quantitative estimate of drug-likeness (QED) is 0.394. The lowest BCUT2D eigenvalue weighted by Crippen LogP contribution is -2.54. The molecule has 0 spiro atoms. The van der Waals surface area contributed by atoms with Crippen molar-refractivity contribution < 1.29 is 29.7 Å². The molecule has 0 unspecified atom stereocenters. The molecule has 2 aromatic rings. The third-order valence-electron chi connectivity index (χ3n) is 4.61. The Bertz CT molecular complexity index is 883. The Morgan fingerprint density at radius 2 is 2.03 bits per heavy atom. The van der Waals surface area contributed by atoms with Crippen molar-refractivity contribution in [2.75, 3.05) is 19.7 Å². The number of carbonyl (C=O) groups excluding carboxylic acids is 2. The molecule has 4 N–H and O–H groups in total. The minimum Gasteiger partial charge on any atom is -0.387 e. The van der Waals surface area contributed by atoms with Crippen LogP contribution >= 0.6 is 11.6 Å². The Morgan fingerprint density at radius 1 is 1.31 bits per heavy atom. The van der Waals surface area contributed by atoms with Crippen LogP contribution in [0.15, 0.2) is 48.8 Å². The van der Waals surface area contributed by atoms with E-state index in [4.69, 9.17) is 16.3 Å². The van der Waals surface area contributed by atoms with Gasteiger partial charge < -0.3 is 20.3 Å². The molecule has 1 aromatic heterocycles. The molecule has 1 saturated heterocycles. The van der Waals surface area contributed by atoms with Crippen LogP contribution in [-0.2, 0) is 4.74 Å². The molecule has 3 atom stereocenters. The van der Waals surface area contributed by atoms with Crippen LogP contribution in [0.4, 0.5) is 0 Å². The third-order valence-corrected chi connectivity index (χ3v) is 4.91. The van der Waals surface area contributed by atoms with Crippen LogP contribution in [0.5, 0.6) is 0 Å². The average Bonchev–Trinajstić information content (AvgIpc) is 3.00. The largest absolute Gasteiger partial charge is 0.387 e. The normalized spacial score (nSPS) is 23.6. The van der Waals surface area contributed by atoms with Crippen molar-refractivity contribution >= 4 is 23.4 Å². The number of carbonyl (C=O) groups is 2. The van der Waals surface area contributed by atoms with Crippen molar-refractivity contribution in [2.45, 2.75) is 17.8 Å². The molecule has 1 aliphatic rings. The highest BCUT2D eigenvalue weighted by Crippen LogP contribution is 2.26. The van der Waals surface area contributed by atoms with Crippen LogP contribution in [0.2, 0.25) is 5.02 Å². The summed E-state index contributed by atoms with van der Waals surface area (Å²) in [5.74, 6) is -1.22. The summed E-state index contributed by atoms with van der Waals surface area (Å²) in [6.45, 7) is -1.01. The molecule has 1 aliphatic heterocycles. The minimum absolute atomic E-state index is 0.112. The van der Waals surface area contributed by atoms with Crippen molar-refractivity contribution in [3.8, 4) is 0 Å². The topological polar surface area (TPSA) is 132 Å². The molecule has 29 heavy (non-hydrogen) atoms. The third kappa shape index (κ3) is 4.72. The predicted octanol–water partition coefficient (Wildman–Crippen LogP) is 0.487. The molecule has 154 valence electrons. The summed E-state index contributed by atoms with van der Waals surface area (Å²) in [6, 6.07) is 9.46. The number of hydrogen-bond donors (Lipinski definition) is 4. The van der Waals surface area contributed by atoms with Crippen molar-refractivity contribution in [2.24, 2.45) is 0 Å².